The third-order valence-electron chi connectivity index (χ3n) is 3.29. The number of imidazole rings is 1. The average molecular weight is 394 g/mol. The number of hydrogen-bond donors (Lipinski definition) is 3. The maximum Gasteiger partial charge on any atom is 0.342 e. The maximum atomic E-state index is 12.0. The lowest BCUT2D eigenvalue weighted by Gasteiger charge is -2.08. The SMILES string of the molecule is Cc1occc1C(=O)OCC(=O)Nc1cc2[nH]c(=O)[nH]c2cc1Br. The minimum Gasteiger partial charge on any atom is -0.469 e. The first-order chi connectivity index (χ1) is 11.4. The second kappa shape index (κ2) is 6.36. The molecule has 0 atom stereocenters. The van der Waals surface area contributed by atoms with Crippen molar-refractivity contribution in [2.45, 2.75) is 6.92 Å². The van der Waals surface area contributed by atoms with Gasteiger partial charge in [0, 0.05) is 4.47 Å². The molecule has 0 saturated heterocycles. The molecule has 24 heavy (non-hydrogen) atoms. The number of halogens is 1. The molecule has 9 heteroatoms. The molecule has 3 rings (SSSR count). The van der Waals surface area contributed by atoms with Gasteiger partial charge in [0.15, 0.2) is 6.61 Å². The van der Waals surface area contributed by atoms with E-state index in [4.69, 9.17) is 9.15 Å². The number of anilines is 1. The van der Waals surface area contributed by atoms with Gasteiger partial charge >= 0.3 is 11.7 Å². The first-order valence-electron chi connectivity index (χ1n) is 6.86. The third-order valence-corrected chi connectivity index (χ3v) is 3.95. The monoisotopic (exact) mass is 393 g/mol. The fraction of sp³-hybridized carbons (Fsp3) is 0.133. The number of hydrogen-bond acceptors (Lipinski definition) is 5. The van der Waals surface area contributed by atoms with Gasteiger partial charge in [0.05, 0.1) is 23.0 Å². The highest BCUT2D eigenvalue weighted by molar-refractivity contribution is 9.10. The number of nitrogens with one attached hydrogen (secondary N) is 3. The van der Waals surface area contributed by atoms with Crippen LogP contribution in [0.2, 0.25) is 0 Å². The van der Waals surface area contributed by atoms with Crippen molar-refractivity contribution in [3.8, 4) is 0 Å². The zero-order valence-electron chi connectivity index (χ0n) is 12.4. The quantitative estimate of drug-likeness (QED) is 0.587. The van der Waals surface area contributed by atoms with Gasteiger partial charge in [0.25, 0.3) is 5.91 Å². The number of furan rings is 1. The van der Waals surface area contributed by atoms with Crippen molar-refractivity contribution < 1.29 is 18.7 Å². The molecule has 0 aliphatic heterocycles. The molecule has 0 saturated carbocycles. The van der Waals surface area contributed by atoms with E-state index in [0.717, 1.165) is 0 Å². The molecule has 3 N–H and O–H groups in total. The highest BCUT2D eigenvalue weighted by Gasteiger charge is 2.15. The van der Waals surface area contributed by atoms with Gasteiger partial charge in [-0.25, -0.2) is 9.59 Å². The largest absolute Gasteiger partial charge is 0.469 e. The Morgan fingerprint density at radius 1 is 1.29 bits per heavy atom. The lowest BCUT2D eigenvalue weighted by molar-refractivity contribution is -0.119. The molecule has 1 aromatic carbocycles. The Labute approximate surface area is 143 Å². The Morgan fingerprint density at radius 3 is 2.67 bits per heavy atom. The van der Waals surface area contributed by atoms with Crippen LogP contribution in [-0.4, -0.2) is 28.5 Å². The summed E-state index contributed by atoms with van der Waals surface area (Å²) in [5, 5.41) is 2.60. The molecule has 0 fully saturated rings. The molecule has 0 bridgehead atoms. The molecule has 124 valence electrons. The number of ether oxygens (including phenoxy) is 1. The van der Waals surface area contributed by atoms with Crippen LogP contribution in [0, 0.1) is 6.92 Å². The van der Waals surface area contributed by atoms with Crippen molar-refractivity contribution >= 4 is 44.5 Å². The standard InChI is InChI=1S/C15H12BrN3O5/c1-7-8(2-3-23-7)14(21)24-6-13(20)17-10-5-12-11(4-9(10)16)18-15(22)19-12/h2-5H,6H2,1H3,(H,17,20)(H2,18,19,22). The topological polar surface area (TPSA) is 117 Å². The number of H-pyrrole nitrogens is 2. The number of rotatable bonds is 4. The Morgan fingerprint density at radius 2 is 2.00 bits per heavy atom. The van der Waals surface area contributed by atoms with Gasteiger partial charge < -0.3 is 24.4 Å². The van der Waals surface area contributed by atoms with Crippen molar-refractivity contribution in [1.29, 1.82) is 0 Å². The lowest BCUT2D eigenvalue weighted by atomic mass is 10.2. The van der Waals surface area contributed by atoms with E-state index >= 15 is 0 Å². The number of amides is 1. The number of fused-ring (bicyclic) bond motifs is 1. The summed E-state index contributed by atoms with van der Waals surface area (Å²) in [6, 6.07) is 4.73. The Balaban J connectivity index is 1.66. The third kappa shape index (κ3) is 3.25. The molecule has 0 spiro atoms. The number of esters is 1. The molecule has 1 amide bonds. The first-order valence-corrected chi connectivity index (χ1v) is 7.66. The van der Waals surface area contributed by atoms with Gasteiger partial charge in [-0.2, -0.15) is 0 Å². The van der Waals surface area contributed by atoms with E-state index in [1.165, 1.54) is 12.3 Å². The summed E-state index contributed by atoms with van der Waals surface area (Å²) in [6.45, 7) is 1.18. The zero-order chi connectivity index (χ0) is 17.3. The number of aryl methyl sites for hydroxylation is 1. The second-order valence-corrected chi connectivity index (χ2v) is 5.83. The Kier molecular flexibility index (Phi) is 4.26. The average Bonchev–Trinajstić information content (AvgIpc) is 3.10. The molecule has 0 unspecified atom stereocenters. The zero-order valence-corrected chi connectivity index (χ0v) is 14.0. The second-order valence-electron chi connectivity index (χ2n) is 4.97. The number of carbonyl (C=O) groups excluding carboxylic acids is 2. The minimum atomic E-state index is -0.638. The van der Waals surface area contributed by atoms with E-state index in [1.54, 1.807) is 19.1 Å². The van der Waals surface area contributed by atoms with E-state index in [-0.39, 0.29) is 11.3 Å². The highest BCUT2D eigenvalue weighted by Crippen LogP contribution is 2.26. The summed E-state index contributed by atoms with van der Waals surface area (Å²) in [5.74, 6) is -0.728. The predicted molar refractivity (Wildman–Crippen MR) is 89.0 cm³/mol. The van der Waals surface area contributed by atoms with Crippen LogP contribution in [0.15, 0.2) is 38.1 Å². The Bertz CT molecular complexity index is 985. The van der Waals surface area contributed by atoms with E-state index in [2.05, 4.69) is 31.2 Å². The fourth-order valence-electron chi connectivity index (χ4n) is 2.14. The maximum absolute atomic E-state index is 12.0. The number of aromatic nitrogens is 2. The van der Waals surface area contributed by atoms with Gasteiger partial charge in [-0.3, -0.25) is 4.79 Å². The van der Waals surface area contributed by atoms with Crippen molar-refractivity contribution in [3.05, 3.63) is 50.7 Å². The van der Waals surface area contributed by atoms with Crippen LogP contribution in [0.1, 0.15) is 16.1 Å². The van der Waals surface area contributed by atoms with Crippen molar-refractivity contribution in [2.75, 3.05) is 11.9 Å². The van der Waals surface area contributed by atoms with Crippen LogP contribution < -0.4 is 11.0 Å². The van der Waals surface area contributed by atoms with Gasteiger partial charge in [0.1, 0.15) is 11.3 Å². The molecular weight excluding hydrogens is 382 g/mol. The summed E-state index contributed by atoms with van der Waals surface area (Å²) >= 11 is 3.31. The molecule has 0 aliphatic carbocycles. The van der Waals surface area contributed by atoms with Gasteiger partial charge in [-0.1, -0.05) is 0 Å². The molecule has 0 aliphatic rings. The summed E-state index contributed by atoms with van der Waals surface area (Å²) in [5.41, 5.74) is 1.52. The number of benzene rings is 1. The van der Waals surface area contributed by atoms with Crippen LogP contribution in [0.5, 0.6) is 0 Å². The summed E-state index contributed by atoms with van der Waals surface area (Å²) in [6.07, 6.45) is 1.37. The molecule has 3 aromatic rings. The van der Waals surface area contributed by atoms with E-state index in [9.17, 15) is 14.4 Å². The van der Waals surface area contributed by atoms with E-state index in [1.807, 2.05) is 0 Å². The van der Waals surface area contributed by atoms with Gasteiger partial charge in [-0.05, 0) is 41.1 Å². The minimum absolute atomic E-state index is 0.273. The fourth-order valence-corrected chi connectivity index (χ4v) is 2.59. The smallest absolute Gasteiger partial charge is 0.342 e. The van der Waals surface area contributed by atoms with Crippen molar-refractivity contribution in [1.82, 2.24) is 9.97 Å². The molecule has 2 aromatic heterocycles. The summed E-state index contributed by atoms with van der Waals surface area (Å²) in [4.78, 5) is 40.2. The predicted octanol–water partition coefficient (Wildman–Crippen LogP) is 2.32. The number of carbonyl (C=O) groups is 2. The van der Waals surface area contributed by atoms with Gasteiger partial charge in [-0.15, -0.1) is 0 Å². The summed E-state index contributed by atoms with van der Waals surface area (Å²) < 4.78 is 10.5. The van der Waals surface area contributed by atoms with E-state index in [0.29, 0.717) is 27.0 Å². The van der Waals surface area contributed by atoms with Crippen LogP contribution in [0.25, 0.3) is 11.0 Å². The van der Waals surface area contributed by atoms with Crippen LogP contribution in [-0.2, 0) is 9.53 Å². The van der Waals surface area contributed by atoms with Crippen molar-refractivity contribution in [2.24, 2.45) is 0 Å². The van der Waals surface area contributed by atoms with Crippen LogP contribution in [0.3, 0.4) is 0 Å². The summed E-state index contributed by atoms with van der Waals surface area (Å²) in [7, 11) is 0. The molecule has 2 heterocycles. The first kappa shape index (κ1) is 16.1. The molecule has 8 nitrogen and oxygen atoms in total. The lowest BCUT2D eigenvalue weighted by Crippen LogP contribution is -2.21. The van der Waals surface area contributed by atoms with Gasteiger partial charge in [0.2, 0.25) is 0 Å². The highest BCUT2D eigenvalue weighted by atomic mass is 79.9. The van der Waals surface area contributed by atoms with E-state index < -0.39 is 18.5 Å². The normalized spacial score (nSPS) is 10.8. The van der Waals surface area contributed by atoms with Crippen molar-refractivity contribution in [3.63, 3.8) is 0 Å². The molecule has 0 radical (unpaired) electrons. The Hall–Kier alpha value is -2.81. The number of aromatic amines is 2. The molecular formula is C15H12BrN3O5. The van der Waals surface area contributed by atoms with Crippen LogP contribution >= 0.6 is 15.9 Å². The van der Waals surface area contributed by atoms with Crippen LogP contribution in [0.4, 0.5) is 5.69 Å².